The predicted molar refractivity (Wildman–Crippen MR) is 113 cm³/mol. The third kappa shape index (κ3) is 10.4. The lowest BCUT2D eigenvalue weighted by Gasteiger charge is -2.15. The van der Waals surface area contributed by atoms with Crippen molar-refractivity contribution in [1.82, 2.24) is 16.0 Å². The molecule has 9 heteroatoms. The normalized spacial score (nSPS) is 12.7. The first-order valence-corrected chi connectivity index (χ1v) is 8.67. The number of aliphatic imine (C=N–C) groups is 1. The molecule has 1 amide bonds. The maximum Gasteiger partial charge on any atom is 0.416 e. The molecule has 0 spiro atoms. The van der Waals surface area contributed by atoms with Crippen molar-refractivity contribution in [2.75, 3.05) is 26.2 Å². The van der Waals surface area contributed by atoms with Gasteiger partial charge in [0.2, 0.25) is 5.91 Å². The Morgan fingerprint density at radius 1 is 1.19 bits per heavy atom. The molecule has 1 aromatic carbocycles. The van der Waals surface area contributed by atoms with Crippen molar-refractivity contribution in [3.05, 3.63) is 35.4 Å². The lowest BCUT2D eigenvalue weighted by molar-refractivity contribution is -0.137. The minimum atomic E-state index is -4.33. The lowest BCUT2D eigenvalue weighted by Crippen LogP contribution is -2.41. The van der Waals surface area contributed by atoms with E-state index >= 15 is 0 Å². The van der Waals surface area contributed by atoms with Gasteiger partial charge in [0, 0.05) is 33.1 Å². The number of nitrogens with one attached hydrogen (secondary N) is 3. The molecule has 5 nitrogen and oxygen atoms in total. The highest BCUT2D eigenvalue weighted by atomic mass is 127. The van der Waals surface area contributed by atoms with Gasteiger partial charge in [0.25, 0.3) is 0 Å². The van der Waals surface area contributed by atoms with Crippen molar-refractivity contribution in [2.45, 2.75) is 39.3 Å². The van der Waals surface area contributed by atoms with Gasteiger partial charge in [0.1, 0.15) is 0 Å². The van der Waals surface area contributed by atoms with Gasteiger partial charge < -0.3 is 16.0 Å². The number of hydrogen-bond donors (Lipinski definition) is 3. The predicted octanol–water partition coefficient (Wildman–Crippen LogP) is 3.51. The molecule has 0 aliphatic heterocycles. The van der Waals surface area contributed by atoms with Gasteiger partial charge in [-0.05, 0) is 30.9 Å². The Labute approximate surface area is 175 Å². The second-order valence-corrected chi connectivity index (χ2v) is 5.98. The molecule has 0 aromatic heterocycles. The highest BCUT2D eigenvalue weighted by Gasteiger charge is 2.30. The van der Waals surface area contributed by atoms with Crippen LogP contribution < -0.4 is 16.0 Å². The molecular formula is C18H28F3IN4O. The van der Waals surface area contributed by atoms with E-state index in [0.717, 1.165) is 6.07 Å². The van der Waals surface area contributed by atoms with Gasteiger partial charge in [-0.2, -0.15) is 13.2 Å². The summed E-state index contributed by atoms with van der Waals surface area (Å²) >= 11 is 0. The molecule has 0 saturated carbocycles. The number of halogens is 4. The van der Waals surface area contributed by atoms with Gasteiger partial charge in [-0.15, -0.1) is 24.0 Å². The maximum atomic E-state index is 12.8. The van der Waals surface area contributed by atoms with Crippen LogP contribution in [0.1, 0.15) is 44.2 Å². The summed E-state index contributed by atoms with van der Waals surface area (Å²) in [6, 6.07) is 5.42. The first-order valence-electron chi connectivity index (χ1n) is 8.67. The van der Waals surface area contributed by atoms with Gasteiger partial charge in [0.15, 0.2) is 5.96 Å². The molecule has 0 heterocycles. The maximum absolute atomic E-state index is 12.8. The number of carbonyl (C=O) groups is 1. The van der Waals surface area contributed by atoms with E-state index in [-0.39, 0.29) is 35.8 Å². The number of nitrogens with zero attached hydrogens (tertiary/aromatic N) is 1. The summed E-state index contributed by atoms with van der Waals surface area (Å²) in [7, 11) is 0. The Balaban J connectivity index is 0.00000676. The molecule has 0 aliphatic carbocycles. The highest BCUT2D eigenvalue weighted by molar-refractivity contribution is 14.0. The van der Waals surface area contributed by atoms with Gasteiger partial charge in [-0.25, -0.2) is 0 Å². The van der Waals surface area contributed by atoms with Crippen molar-refractivity contribution in [2.24, 2.45) is 4.99 Å². The molecule has 1 aromatic rings. The van der Waals surface area contributed by atoms with Crippen molar-refractivity contribution in [3.63, 3.8) is 0 Å². The Kier molecular flexibility index (Phi) is 12.1. The van der Waals surface area contributed by atoms with Crippen molar-refractivity contribution < 1.29 is 18.0 Å². The minimum Gasteiger partial charge on any atom is -0.357 e. The summed E-state index contributed by atoms with van der Waals surface area (Å²) in [5.74, 6) is 0.487. The standard InChI is InChI=1S/C18H27F3N4O.HI/c1-4-22-17(25-11-10-23-14(3)26)24-9-8-13(2)15-6-5-7-16(12-15)18(19,20)21;/h5-7,12-13H,4,8-11H2,1-3H3,(H,23,26)(H2,22,24,25);1H. The molecule has 0 saturated heterocycles. The summed E-state index contributed by atoms with van der Waals surface area (Å²) < 4.78 is 38.4. The largest absolute Gasteiger partial charge is 0.416 e. The van der Waals surface area contributed by atoms with E-state index in [1.165, 1.54) is 19.1 Å². The summed E-state index contributed by atoms with van der Waals surface area (Å²) in [5, 5.41) is 8.86. The topological polar surface area (TPSA) is 65.5 Å². The van der Waals surface area contributed by atoms with E-state index in [0.29, 0.717) is 44.1 Å². The average Bonchev–Trinajstić information content (AvgIpc) is 2.57. The van der Waals surface area contributed by atoms with Crippen molar-refractivity contribution >= 4 is 35.8 Å². The fourth-order valence-electron chi connectivity index (χ4n) is 2.32. The van der Waals surface area contributed by atoms with E-state index in [2.05, 4.69) is 20.9 Å². The number of benzene rings is 1. The van der Waals surface area contributed by atoms with E-state index in [1.807, 2.05) is 13.8 Å². The molecule has 1 unspecified atom stereocenters. The highest BCUT2D eigenvalue weighted by Crippen LogP contribution is 2.31. The van der Waals surface area contributed by atoms with Gasteiger partial charge in [-0.3, -0.25) is 9.79 Å². The molecule has 154 valence electrons. The Bertz CT molecular complexity index is 609. The second-order valence-electron chi connectivity index (χ2n) is 5.98. The van der Waals surface area contributed by atoms with Crippen LogP contribution in [0.4, 0.5) is 13.2 Å². The lowest BCUT2D eigenvalue weighted by atomic mass is 9.96. The van der Waals surface area contributed by atoms with Crippen LogP contribution in [0, 0.1) is 0 Å². The molecule has 0 radical (unpaired) electrons. The van der Waals surface area contributed by atoms with E-state index in [4.69, 9.17) is 0 Å². The van der Waals surface area contributed by atoms with Crippen LogP contribution in [0.3, 0.4) is 0 Å². The number of guanidine groups is 1. The average molecular weight is 500 g/mol. The quantitative estimate of drug-likeness (QED) is 0.222. The van der Waals surface area contributed by atoms with Gasteiger partial charge in [0.05, 0.1) is 5.56 Å². The molecule has 0 aliphatic rings. The molecule has 1 atom stereocenters. The third-order valence-electron chi connectivity index (χ3n) is 3.75. The Hall–Kier alpha value is -1.52. The molecule has 3 N–H and O–H groups in total. The fourth-order valence-corrected chi connectivity index (χ4v) is 2.32. The summed E-state index contributed by atoms with van der Waals surface area (Å²) in [4.78, 5) is 15.3. The first kappa shape index (κ1) is 25.5. The smallest absolute Gasteiger partial charge is 0.357 e. The van der Waals surface area contributed by atoms with E-state index in [1.54, 1.807) is 6.07 Å². The van der Waals surface area contributed by atoms with E-state index in [9.17, 15) is 18.0 Å². The van der Waals surface area contributed by atoms with E-state index < -0.39 is 11.7 Å². The SMILES string of the molecule is CCNC(=NCCC(C)c1cccc(C(F)(F)F)c1)NCCNC(C)=O.I. The van der Waals surface area contributed by atoms with Gasteiger partial charge >= 0.3 is 6.18 Å². The molecular weight excluding hydrogens is 472 g/mol. The number of rotatable bonds is 8. The zero-order valence-electron chi connectivity index (χ0n) is 15.8. The van der Waals surface area contributed by atoms with Crippen LogP contribution >= 0.6 is 24.0 Å². The molecule has 0 bridgehead atoms. The number of amides is 1. The number of carbonyl (C=O) groups excluding carboxylic acids is 1. The van der Waals surface area contributed by atoms with Crippen LogP contribution in [0.15, 0.2) is 29.3 Å². The molecule has 27 heavy (non-hydrogen) atoms. The van der Waals surface area contributed by atoms with Crippen LogP contribution in [0.5, 0.6) is 0 Å². The van der Waals surface area contributed by atoms with Crippen LogP contribution in [-0.2, 0) is 11.0 Å². The van der Waals surface area contributed by atoms with Crippen LogP contribution in [0.25, 0.3) is 0 Å². The van der Waals surface area contributed by atoms with Gasteiger partial charge in [-0.1, -0.05) is 25.1 Å². The zero-order chi connectivity index (χ0) is 19.6. The summed E-state index contributed by atoms with van der Waals surface area (Å²) in [5.41, 5.74) is 0.0250. The Morgan fingerprint density at radius 3 is 2.44 bits per heavy atom. The van der Waals surface area contributed by atoms with Crippen molar-refractivity contribution in [1.29, 1.82) is 0 Å². The minimum absolute atomic E-state index is 0. The number of hydrogen-bond acceptors (Lipinski definition) is 2. The molecule has 1 rings (SSSR count). The van der Waals surface area contributed by atoms with Crippen LogP contribution in [0.2, 0.25) is 0 Å². The fraction of sp³-hybridized carbons (Fsp3) is 0.556. The molecule has 0 fully saturated rings. The monoisotopic (exact) mass is 500 g/mol. The summed E-state index contributed by atoms with van der Waals surface area (Å²) in [6.45, 7) is 7.48. The number of alkyl halides is 3. The summed E-state index contributed by atoms with van der Waals surface area (Å²) in [6.07, 6.45) is -3.70. The zero-order valence-corrected chi connectivity index (χ0v) is 18.2. The first-order chi connectivity index (χ1) is 12.2. The van der Waals surface area contributed by atoms with Crippen LogP contribution in [-0.4, -0.2) is 38.0 Å². The third-order valence-corrected chi connectivity index (χ3v) is 3.75. The van der Waals surface area contributed by atoms with Crippen molar-refractivity contribution in [3.8, 4) is 0 Å². The second kappa shape index (κ2) is 12.8. The Morgan fingerprint density at radius 2 is 1.85 bits per heavy atom.